The Balaban J connectivity index is 2.81. The van der Waals surface area contributed by atoms with Crippen LogP contribution in [0.15, 0.2) is 42.2 Å². The molecule has 0 aromatic heterocycles. The van der Waals surface area contributed by atoms with Gasteiger partial charge < -0.3 is 5.11 Å². The predicted octanol–water partition coefficient (Wildman–Crippen LogP) is 2.50. The van der Waals surface area contributed by atoms with Crippen LogP contribution < -0.4 is 0 Å². The fourth-order valence-electron chi connectivity index (χ4n) is 0.725. The van der Waals surface area contributed by atoms with Crippen LogP contribution in [0.1, 0.15) is 12.5 Å². The van der Waals surface area contributed by atoms with Crippen molar-refractivity contribution < 1.29 is 5.11 Å². The topological polar surface area (TPSA) is 20.2 Å². The van der Waals surface area contributed by atoms with E-state index in [0.717, 1.165) is 11.8 Å². The Morgan fingerprint density at radius 3 is 2.58 bits per heavy atom. The highest BCUT2D eigenvalue weighted by Crippen LogP contribution is 1.96. The first kappa shape index (κ1) is 8.42. The number of rotatable bonds is 0. The van der Waals surface area contributed by atoms with E-state index in [9.17, 15) is 0 Å². The van der Waals surface area contributed by atoms with Gasteiger partial charge in [0.2, 0.25) is 0 Å². The van der Waals surface area contributed by atoms with Gasteiger partial charge in [-0.15, -0.1) is 0 Å². The zero-order valence-electron chi connectivity index (χ0n) is 6.91. The lowest BCUT2D eigenvalue weighted by atomic mass is 10.2. The van der Waals surface area contributed by atoms with E-state index in [1.807, 2.05) is 30.3 Å². The van der Waals surface area contributed by atoms with Crippen LogP contribution in [0.4, 0.5) is 0 Å². The van der Waals surface area contributed by atoms with E-state index in [-0.39, 0.29) is 0 Å². The van der Waals surface area contributed by atoms with Gasteiger partial charge in [-0.05, 0) is 19.1 Å². The number of aliphatic hydroxyl groups is 1. The second kappa shape index (κ2) is 4.25. The largest absolute Gasteiger partial charge is 0.515 e. The highest BCUT2D eigenvalue weighted by molar-refractivity contribution is 5.39. The lowest BCUT2D eigenvalue weighted by Gasteiger charge is -1.86. The lowest BCUT2D eigenvalue weighted by Crippen LogP contribution is -1.72. The fraction of sp³-hybridized carbons (Fsp3) is 0.0909. The molecule has 0 bridgehead atoms. The van der Waals surface area contributed by atoms with Crippen molar-refractivity contribution in [3.05, 3.63) is 47.7 Å². The predicted molar refractivity (Wildman–Crippen MR) is 49.7 cm³/mol. The summed E-state index contributed by atoms with van der Waals surface area (Å²) in [5.74, 6) is 5.73. The molecule has 0 heterocycles. The molecule has 1 N–H and O–H groups in total. The Kier molecular flexibility index (Phi) is 2.98. The summed E-state index contributed by atoms with van der Waals surface area (Å²) in [6, 6.07) is 9.67. The molecule has 1 aromatic carbocycles. The summed E-state index contributed by atoms with van der Waals surface area (Å²) in [7, 11) is 0. The third-order valence-corrected chi connectivity index (χ3v) is 1.37. The van der Waals surface area contributed by atoms with Gasteiger partial charge in [-0.25, -0.2) is 0 Å². The maximum absolute atomic E-state index is 8.55. The summed E-state index contributed by atoms with van der Waals surface area (Å²) >= 11 is 0. The molecule has 0 saturated carbocycles. The number of benzene rings is 1. The Labute approximate surface area is 72.4 Å². The van der Waals surface area contributed by atoms with Crippen LogP contribution in [0.25, 0.3) is 0 Å². The average Bonchev–Trinajstić information content (AvgIpc) is 2.16. The normalized spacial score (nSPS) is 10.2. The highest BCUT2D eigenvalue weighted by atomic mass is 16.2. The van der Waals surface area contributed by atoms with E-state index in [4.69, 9.17) is 5.11 Å². The number of aliphatic hydroxyl groups excluding tert-OH is 1. The van der Waals surface area contributed by atoms with E-state index in [2.05, 4.69) is 11.8 Å². The third kappa shape index (κ3) is 2.51. The number of hydrogen-bond donors (Lipinski definition) is 1. The second-order valence-corrected chi connectivity index (χ2v) is 2.43. The van der Waals surface area contributed by atoms with Crippen LogP contribution >= 0.6 is 0 Å². The molecule has 0 aliphatic heterocycles. The van der Waals surface area contributed by atoms with Crippen molar-refractivity contribution >= 4 is 0 Å². The van der Waals surface area contributed by atoms with Crippen LogP contribution in [-0.4, -0.2) is 5.11 Å². The maximum atomic E-state index is 8.55. The maximum Gasteiger partial charge on any atom is 0.0904 e. The molecule has 0 atom stereocenters. The molecule has 0 amide bonds. The first-order valence-corrected chi connectivity index (χ1v) is 3.71. The van der Waals surface area contributed by atoms with Crippen molar-refractivity contribution in [1.82, 2.24) is 0 Å². The smallest absolute Gasteiger partial charge is 0.0904 e. The van der Waals surface area contributed by atoms with E-state index in [1.54, 1.807) is 6.92 Å². The molecular formula is C11H10O. The monoisotopic (exact) mass is 158 g/mol. The van der Waals surface area contributed by atoms with Gasteiger partial charge in [0.25, 0.3) is 0 Å². The van der Waals surface area contributed by atoms with Gasteiger partial charge in [-0.3, -0.25) is 0 Å². The molecule has 60 valence electrons. The van der Waals surface area contributed by atoms with E-state index < -0.39 is 0 Å². The molecule has 0 aliphatic carbocycles. The molecule has 1 aromatic rings. The van der Waals surface area contributed by atoms with E-state index >= 15 is 0 Å². The average molecular weight is 158 g/mol. The van der Waals surface area contributed by atoms with Gasteiger partial charge in [0.05, 0.1) is 6.26 Å². The molecule has 0 saturated heterocycles. The summed E-state index contributed by atoms with van der Waals surface area (Å²) in [6.07, 6.45) is 1.01. The molecule has 12 heavy (non-hydrogen) atoms. The lowest BCUT2D eigenvalue weighted by molar-refractivity contribution is 0.469. The minimum atomic E-state index is 0.666. The summed E-state index contributed by atoms with van der Waals surface area (Å²) in [5.41, 5.74) is 1.62. The minimum Gasteiger partial charge on any atom is -0.515 e. The van der Waals surface area contributed by atoms with Crippen molar-refractivity contribution in [1.29, 1.82) is 0 Å². The first-order valence-electron chi connectivity index (χ1n) is 3.71. The third-order valence-electron chi connectivity index (χ3n) is 1.37. The quantitative estimate of drug-likeness (QED) is 0.454. The Morgan fingerprint density at radius 1 is 1.33 bits per heavy atom. The fourth-order valence-corrected chi connectivity index (χ4v) is 0.725. The van der Waals surface area contributed by atoms with E-state index in [1.165, 1.54) is 0 Å². The van der Waals surface area contributed by atoms with Gasteiger partial charge >= 0.3 is 0 Å². The SMILES string of the molecule is C/C(C#Cc1ccccc1)=C/O. The van der Waals surface area contributed by atoms with Crippen LogP contribution in [0.2, 0.25) is 0 Å². The van der Waals surface area contributed by atoms with E-state index in [0.29, 0.717) is 5.57 Å². The Bertz CT molecular complexity index is 325. The molecule has 0 aliphatic rings. The van der Waals surface area contributed by atoms with Crippen LogP contribution in [0.5, 0.6) is 0 Å². The van der Waals surface area contributed by atoms with Crippen LogP contribution in [-0.2, 0) is 0 Å². The van der Waals surface area contributed by atoms with Crippen molar-refractivity contribution in [2.45, 2.75) is 6.92 Å². The first-order chi connectivity index (χ1) is 5.83. The molecule has 0 spiro atoms. The van der Waals surface area contributed by atoms with Gasteiger partial charge in [0.1, 0.15) is 0 Å². The molecule has 1 nitrogen and oxygen atoms in total. The number of allylic oxidation sites excluding steroid dienone is 1. The zero-order valence-corrected chi connectivity index (χ0v) is 6.91. The summed E-state index contributed by atoms with van der Waals surface area (Å²) in [5, 5.41) is 8.55. The summed E-state index contributed by atoms with van der Waals surface area (Å²) in [6.45, 7) is 1.76. The number of hydrogen-bond acceptors (Lipinski definition) is 1. The molecule has 0 unspecified atom stereocenters. The minimum absolute atomic E-state index is 0.666. The summed E-state index contributed by atoms with van der Waals surface area (Å²) in [4.78, 5) is 0. The van der Waals surface area contributed by atoms with Crippen LogP contribution in [0, 0.1) is 11.8 Å². The Hall–Kier alpha value is -1.68. The van der Waals surface area contributed by atoms with Crippen LogP contribution in [0.3, 0.4) is 0 Å². The highest BCUT2D eigenvalue weighted by Gasteiger charge is 1.81. The molecule has 1 rings (SSSR count). The van der Waals surface area contributed by atoms with Crippen molar-refractivity contribution in [2.24, 2.45) is 0 Å². The Morgan fingerprint density at radius 2 is 2.00 bits per heavy atom. The zero-order chi connectivity index (χ0) is 8.81. The molecule has 0 radical (unpaired) electrons. The van der Waals surface area contributed by atoms with Crippen molar-refractivity contribution in [2.75, 3.05) is 0 Å². The second-order valence-electron chi connectivity index (χ2n) is 2.43. The molecule has 0 fully saturated rings. The molecular weight excluding hydrogens is 148 g/mol. The molecule has 1 heteroatoms. The van der Waals surface area contributed by atoms with Gasteiger partial charge in [0, 0.05) is 11.1 Å². The van der Waals surface area contributed by atoms with Gasteiger partial charge in [-0.2, -0.15) is 0 Å². The van der Waals surface area contributed by atoms with Crippen molar-refractivity contribution in [3.8, 4) is 11.8 Å². The van der Waals surface area contributed by atoms with Gasteiger partial charge in [0.15, 0.2) is 0 Å². The standard InChI is InChI=1S/C11H10O/c1-10(9-12)7-8-11-5-3-2-4-6-11/h2-6,9,12H,1H3/b10-9-. The van der Waals surface area contributed by atoms with Gasteiger partial charge in [-0.1, -0.05) is 30.0 Å². The van der Waals surface area contributed by atoms with Crippen molar-refractivity contribution in [3.63, 3.8) is 0 Å². The summed E-state index contributed by atoms with van der Waals surface area (Å²) < 4.78 is 0.